The number of benzene rings is 1. The summed E-state index contributed by atoms with van der Waals surface area (Å²) in [5.74, 6) is 0. The molecule has 2 aromatic rings. The van der Waals surface area contributed by atoms with Crippen LogP contribution in [0.5, 0.6) is 0 Å². The molecule has 0 aliphatic heterocycles. The summed E-state index contributed by atoms with van der Waals surface area (Å²) in [4.78, 5) is 0. The van der Waals surface area contributed by atoms with E-state index >= 15 is 0 Å². The zero-order chi connectivity index (χ0) is 11.4. The van der Waals surface area contributed by atoms with Crippen LogP contribution in [0.1, 0.15) is 22.7 Å². The van der Waals surface area contributed by atoms with E-state index in [0.717, 1.165) is 6.42 Å². The summed E-state index contributed by atoms with van der Waals surface area (Å²) in [6.45, 7) is 2.12. The van der Waals surface area contributed by atoms with Crippen LogP contribution in [0.4, 0.5) is 0 Å². The zero-order valence-electron chi connectivity index (χ0n) is 9.73. The second-order valence-electron chi connectivity index (χ2n) is 4.09. The largest absolute Gasteiger partial charge is 0.313 e. The van der Waals surface area contributed by atoms with Gasteiger partial charge in [0.25, 0.3) is 0 Å². The molecular formula is C14H17NS. The molecule has 0 aliphatic carbocycles. The molecule has 1 N–H and O–H groups in total. The lowest BCUT2D eigenvalue weighted by Gasteiger charge is -2.15. The highest BCUT2D eigenvalue weighted by atomic mass is 32.1. The minimum atomic E-state index is 0.425. The van der Waals surface area contributed by atoms with Crippen molar-refractivity contribution in [3.8, 4) is 0 Å². The van der Waals surface area contributed by atoms with Crippen molar-refractivity contribution in [3.63, 3.8) is 0 Å². The van der Waals surface area contributed by atoms with E-state index in [2.05, 4.69) is 53.3 Å². The summed E-state index contributed by atoms with van der Waals surface area (Å²) >= 11 is 1.76. The van der Waals surface area contributed by atoms with Crippen molar-refractivity contribution in [1.82, 2.24) is 5.32 Å². The Balaban J connectivity index is 2.10. The normalized spacial score (nSPS) is 12.6. The number of hydrogen-bond donors (Lipinski definition) is 1. The molecule has 1 nitrogen and oxygen atoms in total. The van der Waals surface area contributed by atoms with Gasteiger partial charge >= 0.3 is 0 Å². The van der Waals surface area contributed by atoms with E-state index in [1.165, 1.54) is 16.7 Å². The van der Waals surface area contributed by atoms with Crippen molar-refractivity contribution in [3.05, 3.63) is 57.8 Å². The maximum absolute atomic E-state index is 3.37. The first-order valence-electron chi connectivity index (χ1n) is 5.54. The highest BCUT2D eigenvalue weighted by Gasteiger charge is 2.09. The Bertz CT molecular complexity index is 417. The first-order chi connectivity index (χ1) is 7.79. The number of likely N-dealkylation sites (N-methyl/N-ethyl adjacent to an activating group) is 1. The fourth-order valence-electron chi connectivity index (χ4n) is 1.82. The minimum Gasteiger partial charge on any atom is -0.313 e. The van der Waals surface area contributed by atoms with Crippen molar-refractivity contribution < 1.29 is 0 Å². The van der Waals surface area contributed by atoms with Gasteiger partial charge in [-0.2, -0.15) is 11.3 Å². The molecule has 1 aromatic heterocycles. The van der Waals surface area contributed by atoms with E-state index in [1.807, 2.05) is 7.05 Å². The lowest BCUT2D eigenvalue weighted by molar-refractivity contribution is 0.594. The summed E-state index contributed by atoms with van der Waals surface area (Å²) in [7, 11) is 2.02. The van der Waals surface area contributed by atoms with Crippen LogP contribution in [0.15, 0.2) is 41.1 Å². The molecule has 1 unspecified atom stereocenters. The average molecular weight is 231 g/mol. The molecule has 1 atom stereocenters. The van der Waals surface area contributed by atoms with Crippen LogP contribution in [0, 0.1) is 6.92 Å². The molecule has 0 saturated carbocycles. The van der Waals surface area contributed by atoms with Gasteiger partial charge in [-0.05, 0) is 48.3 Å². The van der Waals surface area contributed by atoms with Crippen LogP contribution in [0.2, 0.25) is 0 Å². The van der Waals surface area contributed by atoms with Gasteiger partial charge < -0.3 is 5.32 Å². The molecule has 0 spiro atoms. The van der Waals surface area contributed by atoms with Gasteiger partial charge in [0.1, 0.15) is 0 Å². The molecule has 0 saturated heterocycles. The molecule has 84 valence electrons. The quantitative estimate of drug-likeness (QED) is 0.848. The van der Waals surface area contributed by atoms with Crippen molar-refractivity contribution >= 4 is 11.3 Å². The Morgan fingerprint density at radius 3 is 2.50 bits per heavy atom. The summed E-state index contributed by atoms with van der Waals surface area (Å²) in [6, 6.07) is 11.4. The van der Waals surface area contributed by atoms with E-state index in [4.69, 9.17) is 0 Å². The smallest absolute Gasteiger partial charge is 0.0366 e. The van der Waals surface area contributed by atoms with Gasteiger partial charge in [-0.1, -0.05) is 29.8 Å². The summed E-state index contributed by atoms with van der Waals surface area (Å²) in [6.07, 6.45) is 1.05. The highest BCUT2D eigenvalue weighted by molar-refractivity contribution is 7.07. The third kappa shape index (κ3) is 2.71. The molecule has 1 aromatic carbocycles. The zero-order valence-corrected chi connectivity index (χ0v) is 10.6. The number of rotatable bonds is 4. The third-order valence-corrected chi connectivity index (χ3v) is 3.56. The Hall–Kier alpha value is -1.12. The fraction of sp³-hybridized carbons (Fsp3) is 0.286. The van der Waals surface area contributed by atoms with E-state index in [9.17, 15) is 0 Å². The van der Waals surface area contributed by atoms with Gasteiger partial charge in [-0.15, -0.1) is 0 Å². The van der Waals surface area contributed by atoms with Crippen molar-refractivity contribution in [1.29, 1.82) is 0 Å². The standard InChI is InChI=1S/C14H17NS/c1-11-3-5-12(6-4-11)9-14(15-2)13-7-8-16-10-13/h3-8,10,14-15H,9H2,1-2H3. The first-order valence-corrected chi connectivity index (χ1v) is 6.49. The van der Waals surface area contributed by atoms with Gasteiger partial charge in [0.05, 0.1) is 0 Å². The van der Waals surface area contributed by atoms with Crippen LogP contribution in [-0.2, 0) is 6.42 Å². The first kappa shape index (κ1) is 11.4. The molecule has 2 heteroatoms. The average Bonchev–Trinajstić information content (AvgIpc) is 2.82. The Kier molecular flexibility index (Phi) is 3.75. The monoisotopic (exact) mass is 231 g/mol. The summed E-state index contributed by atoms with van der Waals surface area (Å²) in [5, 5.41) is 7.73. The van der Waals surface area contributed by atoms with Gasteiger partial charge in [-0.25, -0.2) is 0 Å². The van der Waals surface area contributed by atoms with E-state index in [1.54, 1.807) is 11.3 Å². The summed E-state index contributed by atoms with van der Waals surface area (Å²) in [5.41, 5.74) is 4.09. The molecule has 0 bridgehead atoms. The Labute approximate surface area is 101 Å². The lowest BCUT2D eigenvalue weighted by Crippen LogP contribution is -2.18. The third-order valence-electron chi connectivity index (χ3n) is 2.85. The van der Waals surface area contributed by atoms with E-state index in [0.29, 0.717) is 6.04 Å². The van der Waals surface area contributed by atoms with Gasteiger partial charge in [0, 0.05) is 6.04 Å². The Morgan fingerprint density at radius 1 is 1.19 bits per heavy atom. The molecule has 0 aliphatic rings. The summed E-state index contributed by atoms with van der Waals surface area (Å²) < 4.78 is 0. The molecule has 1 heterocycles. The van der Waals surface area contributed by atoms with Crippen LogP contribution in [0.25, 0.3) is 0 Å². The lowest BCUT2D eigenvalue weighted by atomic mass is 10.0. The van der Waals surface area contributed by atoms with Crippen molar-refractivity contribution in [2.45, 2.75) is 19.4 Å². The van der Waals surface area contributed by atoms with E-state index in [-0.39, 0.29) is 0 Å². The van der Waals surface area contributed by atoms with Crippen LogP contribution in [0.3, 0.4) is 0 Å². The van der Waals surface area contributed by atoms with Gasteiger partial charge in [0.15, 0.2) is 0 Å². The fourth-order valence-corrected chi connectivity index (χ4v) is 2.53. The molecule has 0 fully saturated rings. The second kappa shape index (κ2) is 5.28. The Morgan fingerprint density at radius 2 is 1.94 bits per heavy atom. The van der Waals surface area contributed by atoms with Crippen LogP contribution in [-0.4, -0.2) is 7.05 Å². The number of nitrogens with one attached hydrogen (secondary N) is 1. The number of thiophene rings is 1. The molecule has 0 radical (unpaired) electrons. The van der Waals surface area contributed by atoms with Crippen molar-refractivity contribution in [2.24, 2.45) is 0 Å². The number of hydrogen-bond acceptors (Lipinski definition) is 2. The highest BCUT2D eigenvalue weighted by Crippen LogP contribution is 2.20. The maximum atomic E-state index is 3.37. The van der Waals surface area contributed by atoms with Gasteiger partial charge in [0.2, 0.25) is 0 Å². The van der Waals surface area contributed by atoms with Crippen LogP contribution < -0.4 is 5.32 Å². The molecule has 2 rings (SSSR count). The topological polar surface area (TPSA) is 12.0 Å². The maximum Gasteiger partial charge on any atom is 0.0366 e. The molecular weight excluding hydrogens is 214 g/mol. The minimum absolute atomic E-state index is 0.425. The second-order valence-corrected chi connectivity index (χ2v) is 4.87. The predicted octanol–water partition coefficient (Wildman–Crippen LogP) is 3.56. The van der Waals surface area contributed by atoms with Crippen LogP contribution >= 0.6 is 11.3 Å². The van der Waals surface area contributed by atoms with Crippen molar-refractivity contribution in [2.75, 3.05) is 7.05 Å². The molecule has 0 amide bonds. The number of aryl methyl sites for hydroxylation is 1. The van der Waals surface area contributed by atoms with E-state index < -0.39 is 0 Å². The predicted molar refractivity (Wildman–Crippen MR) is 71.0 cm³/mol. The van der Waals surface area contributed by atoms with Gasteiger partial charge in [-0.3, -0.25) is 0 Å². The SMILES string of the molecule is CNC(Cc1ccc(C)cc1)c1ccsc1. The molecule has 16 heavy (non-hydrogen) atoms.